The van der Waals surface area contributed by atoms with Gasteiger partial charge in [0.2, 0.25) is 0 Å². The third kappa shape index (κ3) is 2.45. The summed E-state index contributed by atoms with van der Waals surface area (Å²) in [6.45, 7) is 0. The minimum Gasteiger partial charge on any atom is -0.259 e. The van der Waals surface area contributed by atoms with Gasteiger partial charge in [-0.3, -0.25) is 4.98 Å². The molecule has 0 saturated carbocycles. The van der Waals surface area contributed by atoms with Crippen LogP contribution in [-0.2, 0) is 12.6 Å². The topological polar surface area (TPSA) is 36.7 Å². The Bertz CT molecular complexity index is 381. The van der Waals surface area contributed by atoms with E-state index in [-0.39, 0.29) is 16.6 Å². The van der Waals surface area contributed by atoms with Crippen LogP contribution in [0.1, 0.15) is 11.3 Å². The second-order valence-electron chi connectivity index (χ2n) is 2.49. The largest absolute Gasteiger partial charge is 0.417 e. The van der Waals surface area contributed by atoms with Gasteiger partial charge in [0, 0.05) is 10.7 Å². The molecule has 74 valence electrons. The van der Waals surface area contributed by atoms with Crippen molar-refractivity contribution in [2.75, 3.05) is 0 Å². The second kappa shape index (κ2) is 3.96. The number of alkyl halides is 3. The van der Waals surface area contributed by atoms with Gasteiger partial charge in [-0.25, -0.2) is 0 Å². The van der Waals surface area contributed by atoms with Crippen LogP contribution in [0.15, 0.2) is 16.7 Å². The van der Waals surface area contributed by atoms with Gasteiger partial charge in [0.15, 0.2) is 0 Å². The van der Waals surface area contributed by atoms with E-state index >= 15 is 0 Å². The van der Waals surface area contributed by atoms with Gasteiger partial charge in [0.25, 0.3) is 0 Å². The Labute approximate surface area is 86.5 Å². The molecule has 14 heavy (non-hydrogen) atoms. The molecule has 0 aromatic carbocycles. The average molecular weight is 265 g/mol. The number of aromatic nitrogens is 1. The molecular weight excluding hydrogens is 261 g/mol. The Hall–Kier alpha value is -1.09. The number of hydrogen-bond acceptors (Lipinski definition) is 2. The maximum absolute atomic E-state index is 12.3. The highest BCUT2D eigenvalue weighted by Crippen LogP contribution is 2.34. The van der Waals surface area contributed by atoms with Gasteiger partial charge in [0.05, 0.1) is 23.7 Å². The van der Waals surface area contributed by atoms with Crippen LogP contribution >= 0.6 is 15.9 Å². The van der Waals surface area contributed by atoms with E-state index in [0.29, 0.717) is 0 Å². The fourth-order valence-corrected chi connectivity index (χ4v) is 1.32. The molecule has 0 aliphatic carbocycles. The first-order valence-electron chi connectivity index (χ1n) is 3.53. The van der Waals surface area contributed by atoms with Crippen molar-refractivity contribution in [1.29, 1.82) is 5.26 Å². The number of nitrogens with zero attached hydrogens (tertiary/aromatic N) is 2. The van der Waals surface area contributed by atoms with Crippen LogP contribution in [0.4, 0.5) is 13.2 Å². The quantitative estimate of drug-likeness (QED) is 0.782. The Morgan fingerprint density at radius 1 is 1.50 bits per heavy atom. The van der Waals surface area contributed by atoms with Crippen molar-refractivity contribution in [2.24, 2.45) is 0 Å². The lowest BCUT2D eigenvalue weighted by molar-refractivity contribution is -0.138. The van der Waals surface area contributed by atoms with Crippen LogP contribution in [0.3, 0.4) is 0 Å². The summed E-state index contributed by atoms with van der Waals surface area (Å²) in [5.41, 5.74) is -0.694. The lowest BCUT2D eigenvalue weighted by Gasteiger charge is -2.09. The fourth-order valence-electron chi connectivity index (χ4n) is 0.877. The molecule has 1 aromatic heterocycles. The fraction of sp³-hybridized carbons (Fsp3) is 0.250. The normalized spacial score (nSPS) is 11.1. The predicted octanol–water partition coefficient (Wildman–Crippen LogP) is 2.93. The maximum Gasteiger partial charge on any atom is 0.417 e. The lowest BCUT2D eigenvalue weighted by atomic mass is 10.2. The zero-order valence-electron chi connectivity index (χ0n) is 6.77. The third-order valence-corrected chi connectivity index (χ3v) is 2.11. The molecule has 0 atom stereocenters. The van der Waals surface area contributed by atoms with Crippen LogP contribution in [0.25, 0.3) is 0 Å². The van der Waals surface area contributed by atoms with Gasteiger partial charge in [-0.1, -0.05) is 0 Å². The van der Waals surface area contributed by atoms with Gasteiger partial charge < -0.3 is 0 Å². The van der Waals surface area contributed by atoms with Gasteiger partial charge in [-0.2, -0.15) is 18.4 Å². The van der Waals surface area contributed by atoms with E-state index in [0.717, 1.165) is 12.3 Å². The van der Waals surface area contributed by atoms with Crippen molar-refractivity contribution in [2.45, 2.75) is 12.6 Å². The van der Waals surface area contributed by atoms with Crippen molar-refractivity contribution in [3.63, 3.8) is 0 Å². The molecule has 1 aromatic rings. The Morgan fingerprint density at radius 2 is 2.14 bits per heavy atom. The van der Waals surface area contributed by atoms with E-state index in [9.17, 15) is 13.2 Å². The molecule has 0 amide bonds. The summed E-state index contributed by atoms with van der Waals surface area (Å²) in [5.74, 6) is 0. The molecule has 1 rings (SSSR count). The molecule has 0 bridgehead atoms. The zero-order valence-corrected chi connectivity index (χ0v) is 8.35. The van der Waals surface area contributed by atoms with Crippen LogP contribution in [0.2, 0.25) is 0 Å². The van der Waals surface area contributed by atoms with Crippen LogP contribution in [0, 0.1) is 11.3 Å². The number of nitriles is 1. The maximum atomic E-state index is 12.3. The minimum atomic E-state index is -4.42. The molecule has 2 nitrogen and oxygen atoms in total. The van der Waals surface area contributed by atoms with Crippen molar-refractivity contribution < 1.29 is 13.2 Å². The van der Waals surface area contributed by atoms with E-state index in [1.807, 2.05) is 0 Å². The molecule has 6 heteroatoms. The predicted molar refractivity (Wildman–Crippen MR) is 46.3 cm³/mol. The second-order valence-corrected chi connectivity index (χ2v) is 3.34. The van der Waals surface area contributed by atoms with Crippen LogP contribution in [-0.4, -0.2) is 4.98 Å². The third-order valence-electron chi connectivity index (χ3n) is 1.48. The summed E-state index contributed by atoms with van der Waals surface area (Å²) in [6.07, 6.45) is -3.50. The highest BCUT2D eigenvalue weighted by molar-refractivity contribution is 9.10. The molecule has 0 radical (unpaired) electrons. The molecule has 0 saturated heterocycles. The van der Waals surface area contributed by atoms with E-state index in [4.69, 9.17) is 5.26 Å². The first kappa shape index (κ1) is 11.0. The summed E-state index contributed by atoms with van der Waals surface area (Å²) in [5, 5.41) is 8.30. The Morgan fingerprint density at radius 3 is 2.64 bits per heavy atom. The zero-order chi connectivity index (χ0) is 10.8. The first-order valence-corrected chi connectivity index (χ1v) is 4.33. The first-order chi connectivity index (χ1) is 6.45. The van der Waals surface area contributed by atoms with Gasteiger partial charge in [0.1, 0.15) is 0 Å². The number of rotatable bonds is 1. The van der Waals surface area contributed by atoms with E-state index in [1.165, 1.54) is 0 Å². The molecule has 0 unspecified atom stereocenters. The molecule has 1 heterocycles. The molecule has 0 spiro atoms. The summed E-state index contributed by atoms with van der Waals surface area (Å²) < 4.78 is 36.9. The summed E-state index contributed by atoms with van der Waals surface area (Å²) in [6, 6.07) is 2.61. The van der Waals surface area contributed by atoms with Crippen LogP contribution < -0.4 is 0 Å². The highest BCUT2D eigenvalue weighted by atomic mass is 79.9. The van der Waals surface area contributed by atoms with Gasteiger partial charge >= 0.3 is 6.18 Å². The van der Waals surface area contributed by atoms with Crippen molar-refractivity contribution in [1.82, 2.24) is 4.98 Å². The number of hydrogen-bond donors (Lipinski definition) is 0. The van der Waals surface area contributed by atoms with Crippen LogP contribution in [0.5, 0.6) is 0 Å². The molecular formula is C8H4BrF3N2. The smallest absolute Gasteiger partial charge is 0.259 e. The van der Waals surface area contributed by atoms with Crippen molar-refractivity contribution in [3.8, 4) is 6.07 Å². The standard InChI is InChI=1S/C8H4BrF3N2/c9-7-4-14-5(1-2-13)3-6(7)8(10,11)12/h3-4H,1H2. The molecule has 0 aliphatic heterocycles. The van der Waals surface area contributed by atoms with Gasteiger partial charge in [-0.15, -0.1) is 0 Å². The van der Waals surface area contributed by atoms with E-state index < -0.39 is 11.7 Å². The SMILES string of the molecule is N#CCc1cc(C(F)(F)F)c(Br)cn1. The highest BCUT2D eigenvalue weighted by Gasteiger charge is 2.33. The van der Waals surface area contributed by atoms with E-state index in [1.54, 1.807) is 6.07 Å². The molecule has 0 aliphatic rings. The number of pyridine rings is 1. The molecule has 0 N–H and O–H groups in total. The summed E-state index contributed by atoms with van der Waals surface area (Å²) in [4.78, 5) is 3.67. The monoisotopic (exact) mass is 264 g/mol. The van der Waals surface area contributed by atoms with Crippen molar-refractivity contribution in [3.05, 3.63) is 28.0 Å². The minimum absolute atomic E-state index is 0.114. The lowest BCUT2D eigenvalue weighted by Crippen LogP contribution is -2.07. The molecule has 0 fully saturated rings. The summed E-state index contributed by atoms with van der Waals surface area (Å²) >= 11 is 2.75. The summed E-state index contributed by atoms with van der Waals surface area (Å²) in [7, 11) is 0. The van der Waals surface area contributed by atoms with Gasteiger partial charge in [-0.05, 0) is 22.0 Å². The Kier molecular flexibility index (Phi) is 3.11. The number of halogens is 4. The van der Waals surface area contributed by atoms with Crippen molar-refractivity contribution >= 4 is 15.9 Å². The Balaban J connectivity index is 3.17. The van der Waals surface area contributed by atoms with E-state index in [2.05, 4.69) is 20.9 Å². The average Bonchev–Trinajstić information content (AvgIpc) is 2.07.